The number of anilines is 2. The number of para-hydroxylation sites is 1. The molecule has 0 unspecified atom stereocenters. The molecule has 0 N–H and O–H groups in total. The average Bonchev–Trinajstić information content (AvgIpc) is 3.24. The third-order valence-corrected chi connectivity index (χ3v) is 6.24. The van der Waals surface area contributed by atoms with Crippen LogP contribution in [0.3, 0.4) is 0 Å². The lowest BCUT2D eigenvalue weighted by Crippen LogP contribution is -2.38. The third-order valence-electron chi connectivity index (χ3n) is 5.32. The average molecular weight is 456 g/mol. The molecule has 1 aromatic heterocycles. The smallest absolute Gasteiger partial charge is 0.237 e. The van der Waals surface area contributed by atoms with Gasteiger partial charge in [0.2, 0.25) is 11.9 Å². The molecule has 1 aliphatic heterocycles. The molecule has 0 radical (unpaired) electrons. The van der Waals surface area contributed by atoms with Crippen molar-refractivity contribution in [2.75, 3.05) is 48.4 Å². The highest BCUT2D eigenvalue weighted by Gasteiger charge is 2.23. The first kappa shape index (κ1) is 22.3. The number of aryl methyl sites for hydroxylation is 1. The number of thioether (sulfide) groups is 1. The van der Waals surface area contributed by atoms with Crippen molar-refractivity contribution in [3.63, 3.8) is 0 Å². The van der Waals surface area contributed by atoms with E-state index in [-0.39, 0.29) is 17.5 Å². The van der Waals surface area contributed by atoms with E-state index in [0.29, 0.717) is 49.6 Å². The maximum absolute atomic E-state index is 14.0. The molecule has 0 bridgehead atoms. The van der Waals surface area contributed by atoms with Gasteiger partial charge in [-0.1, -0.05) is 36.0 Å². The molecule has 1 amide bonds. The number of benzene rings is 2. The molecule has 1 aliphatic rings. The number of ether oxygens (including phenoxy) is 1. The number of aromatic nitrogens is 3. The monoisotopic (exact) mass is 455 g/mol. The van der Waals surface area contributed by atoms with E-state index in [9.17, 15) is 9.18 Å². The number of halogens is 1. The van der Waals surface area contributed by atoms with E-state index < -0.39 is 0 Å². The van der Waals surface area contributed by atoms with Gasteiger partial charge in [-0.25, -0.2) is 4.39 Å². The van der Waals surface area contributed by atoms with Crippen LogP contribution in [-0.2, 0) is 9.53 Å². The normalized spacial score (nSPS) is 13.9. The Morgan fingerprint density at radius 3 is 2.66 bits per heavy atom. The number of carbonyl (C=O) groups excluding carboxylic acids is 1. The summed E-state index contributed by atoms with van der Waals surface area (Å²) in [6.45, 7) is 7.06. The number of morpholine rings is 1. The Hall–Kier alpha value is -2.91. The summed E-state index contributed by atoms with van der Waals surface area (Å²) in [6, 6.07) is 14.2. The Labute approximate surface area is 191 Å². The van der Waals surface area contributed by atoms with Crippen molar-refractivity contribution in [1.29, 1.82) is 0 Å². The van der Waals surface area contributed by atoms with Gasteiger partial charge in [-0.3, -0.25) is 9.36 Å². The van der Waals surface area contributed by atoms with E-state index in [2.05, 4.69) is 15.1 Å². The second-order valence-corrected chi connectivity index (χ2v) is 8.35. The minimum atomic E-state index is -0.340. The Kier molecular flexibility index (Phi) is 7.06. The van der Waals surface area contributed by atoms with Gasteiger partial charge in [-0.2, -0.15) is 0 Å². The van der Waals surface area contributed by atoms with Gasteiger partial charge in [-0.05, 0) is 43.7 Å². The van der Waals surface area contributed by atoms with Crippen molar-refractivity contribution in [2.24, 2.45) is 0 Å². The summed E-state index contributed by atoms with van der Waals surface area (Å²) in [5, 5.41) is 9.27. The highest BCUT2D eigenvalue weighted by atomic mass is 32.2. The van der Waals surface area contributed by atoms with Crippen LogP contribution in [0.5, 0.6) is 0 Å². The van der Waals surface area contributed by atoms with Gasteiger partial charge in [0.15, 0.2) is 5.16 Å². The highest BCUT2D eigenvalue weighted by Crippen LogP contribution is 2.28. The van der Waals surface area contributed by atoms with Crippen molar-refractivity contribution in [3.8, 4) is 5.69 Å². The van der Waals surface area contributed by atoms with Crippen LogP contribution in [0.4, 0.5) is 16.0 Å². The summed E-state index contributed by atoms with van der Waals surface area (Å²) >= 11 is 1.30. The number of hydrogen-bond acceptors (Lipinski definition) is 6. The van der Waals surface area contributed by atoms with Crippen molar-refractivity contribution >= 4 is 29.3 Å². The Morgan fingerprint density at radius 2 is 1.94 bits per heavy atom. The predicted octanol–water partition coefficient (Wildman–Crippen LogP) is 3.70. The summed E-state index contributed by atoms with van der Waals surface area (Å²) in [7, 11) is 0. The fraction of sp³-hybridized carbons (Fsp3) is 0.348. The number of rotatable bonds is 7. The Bertz CT molecular complexity index is 1080. The molecule has 1 saturated heterocycles. The van der Waals surface area contributed by atoms with Crippen LogP contribution in [0.25, 0.3) is 5.69 Å². The van der Waals surface area contributed by atoms with E-state index in [1.54, 1.807) is 11.0 Å². The van der Waals surface area contributed by atoms with Crippen LogP contribution < -0.4 is 9.80 Å². The molecule has 2 heterocycles. The van der Waals surface area contributed by atoms with Crippen LogP contribution >= 0.6 is 11.8 Å². The van der Waals surface area contributed by atoms with Crippen LogP contribution in [0, 0.1) is 12.7 Å². The SMILES string of the molecule is CCN(C(=O)CSc1nnc(N2CCOCC2)n1-c1cccc(F)c1)c1ccccc1C. The van der Waals surface area contributed by atoms with E-state index in [1.165, 1.54) is 23.9 Å². The first-order valence-electron chi connectivity index (χ1n) is 10.6. The van der Waals surface area contributed by atoms with Gasteiger partial charge in [-0.15, -0.1) is 10.2 Å². The van der Waals surface area contributed by atoms with Gasteiger partial charge < -0.3 is 14.5 Å². The maximum atomic E-state index is 14.0. The quantitative estimate of drug-likeness (QED) is 0.507. The molecule has 0 saturated carbocycles. The van der Waals surface area contributed by atoms with E-state index in [1.807, 2.05) is 48.7 Å². The van der Waals surface area contributed by atoms with Crippen LogP contribution in [0.1, 0.15) is 12.5 Å². The van der Waals surface area contributed by atoms with Crippen molar-refractivity contribution < 1.29 is 13.9 Å². The summed E-state index contributed by atoms with van der Waals surface area (Å²) < 4.78 is 21.3. The zero-order valence-electron chi connectivity index (χ0n) is 18.2. The topological polar surface area (TPSA) is 63.5 Å². The van der Waals surface area contributed by atoms with Crippen LogP contribution in [0.2, 0.25) is 0 Å². The summed E-state index contributed by atoms with van der Waals surface area (Å²) in [5.41, 5.74) is 2.57. The molecule has 0 spiro atoms. The zero-order valence-corrected chi connectivity index (χ0v) is 19.0. The maximum Gasteiger partial charge on any atom is 0.237 e. The van der Waals surface area contributed by atoms with E-state index in [4.69, 9.17) is 4.74 Å². The van der Waals surface area contributed by atoms with Crippen molar-refractivity contribution in [1.82, 2.24) is 14.8 Å². The lowest BCUT2D eigenvalue weighted by Gasteiger charge is -2.28. The lowest BCUT2D eigenvalue weighted by atomic mass is 10.2. The third kappa shape index (κ3) is 4.78. The molecule has 0 atom stereocenters. The Balaban J connectivity index is 1.60. The number of nitrogens with zero attached hydrogens (tertiary/aromatic N) is 5. The largest absolute Gasteiger partial charge is 0.378 e. The molecular formula is C23H26FN5O2S. The summed E-state index contributed by atoms with van der Waals surface area (Å²) in [4.78, 5) is 16.9. The van der Waals surface area contributed by atoms with E-state index in [0.717, 1.165) is 11.3 Å². The Morgan fingerprint density at radius 1 is 1.16 bits per heavy atom. The molecule has 168 valence electrons. The number of amides is 1. The molecule has 7 nitrogen and oxygen atoms in total. The minimum Gasteiger partial charge on any atom is -0.378 e. The van der Waals surface area contributed by atoms with E-state index >= 15 is 0 Å². The van der Waals surface area contributed by atoms with Gasteiger partial charge >= 0.3 is 0 Å². The molecule has 9 heteroatoms. The fourth-order valence-electron chi connectivity index (χ4n) is 3.72. The van der Waals surface area contributed by atoms with Gasteiger partial charge in [0.05, 0.1) is 24.7 Å². The first-order chi connectivity index (χ1) is 15.6. The van der Waals surface area contributed by atoms with Gasteiger partial charge in [0.25, 0.3) is 0 Å². The fourth-order valence-corrected chi connectivity index (χ4v) is 4.54. The van der Waals surface area contributed by atoms with Crippen molar-refractivity contribution in [3.05, 3.63) is 59.9 Å². The first-order valence-corrected chi connectivity index (χ1v) is 11.6. The van der Waals surface area contributed by atoms with Crippen LogP contribution in [-0.4, -0.2) is 59.3 Å². The zero-order chi connectivity index (χ0) is 22.5. The molecule has 4 rings (SSSR count). The lowest BCUT2D eigenvalue weighted by molar-refractivity contribution is -0.116. The molecule has 2 aromatic carbocycles. The van der Waals surface area contributed by atoms with Crippen molar-refractivity contribution in [2.45, 2.75) is 19.0 Å². The second-order valence-electron chi connectivity index (χ2n) is 7.41. The molecule has 3 aromatic rings. The molecule has 1 fully saturated rings. The number of hydrogen-bond donors (Lipinski definition) is 0. The predicted molar refractivity (Wildman–Crippen MR) is 124 cm³/mol. The minimum absolute atomic E-state index is 0.0199. The van der Waals surface area contributed by atoms with Gasteiger partial charge in [0.1, 0.15) is 5.82 Å². The number of carbonyl (C=O) groups is 1. The molecule has 0 aliphatic carbocycles. The molecule has 32 heavy (non-hydrogen) atoms. The standard InChI is InChI=1S/C23H26FN5O2S/c1-3-28(20-10-5-4-7-17(20)2)21(30)16-32-23-26-25-22(27-11-13-31-14-12-27)29(23)19-9-6-8-18(24)15-19/h4-10,15H,3,11-14,16H2,1-2H3. The van der Waals surface area contributed by atoms with Gasteiger partial charge in [0, 0.05) is 25.3 Å². The van der Waals surface area contributed by atoms with Crippen LogP contribution in [0.15, 0.2) is 53.7 Å². The summed E-state index contributed by atoms with van der Waals surface area (Å²) in [5.74, 6) is 0.458. The summed E-state index contributed by atoms with van der Waals surface area (Å²) in [6.07, 6.45) is 0. The highest BCUT2D eigenvalue weighted by molar-refractivity contribution is 7.99. The molecular weight excluding hydrogens is 429 g/mol. The second kappa shape index (κ2) is 10.1.